The van der Waals surface area contributed by atoms with Crippen molar-refractivity contribution < 1.29 is 9.53 Å². The third kappa shape index (κ3) is 4.12. The molecule has 0 saturated carbocycles. The first-order valence-electron chi connectivity index (χ1n) is 8.78. The van der Waals surface area contributed by atoms with Crippen LogP contribution in [0.4, 0.5) is 0 Å². The minimum Gasteiger partial charge on any atom is -0.497 e. The normalized spacial score (nSPS) is 12.0. The number of halogens is 1. The molecule has 0 amide bonds. The highest BCUT2D eigenvalue weighted by atomic mass is 35.5. The molecule has 0 radical (unpaired) electrons. The number of fused-ring (bicyclic) bond motifs is 3. The van der Waals surface area contributed by atoms with Crippen LogP contribution in [-0.4, -0.2) is 33.4 Å². The highest BCUT2D eigenvalue weighted by Crippen LogP contribution is 2.29. The molecule has 1 aliphatic rings. The highest BCUT2D eigenvalue weighted by molar-refractivity contribution is 6.30. The van der Waals surface area contributed by atoms with Crippen LogP contribution in [-0.2, 0) is 11.3 Å². The maximum Gasteiger partial charge on any atom is 0.159 e. The molecule has 1 aromatic heterocycles. The number of methoxy groups -OCH3 is 1. The fourth-order valence-corrected chi connectivity index (χ4v) is 3.06. The fourth-order valence-electron chi connectivity index (χ4n) is 2.94. The minimum atomic E-state index is 0.167. The van der Waals surface area contributed by atoms with Crippen LogP contribution >= 0.6 is 11.6 Å². The monoisotopic (exact) mass is 396 g/mol. The number of benzene rings is 2. The Morgan fingerprint density at radius 3 is 2.43 bits per heavy atom. The molecule has 0 spiro atoms. The second-order valence-corrected chi connectivity index (χ2v) is 6.90. The third-order valence-electron chi connectivity index (χ3n) is 4.09. The molecule has 0 aliphatic carbocycles. The van der Waals surface area contributed by atoms with Crippen LogP contribution in [0.2, 0.25) is 5.02 Å². The Morgan fingerprint density at radius 2 is 1.79 bits per heavy atom. The lowest BCUT2D eigenvalue weighted by molar-refractivity contribution is -0.114. The molecule has 0 N–H and O–H groups in total. The van der Waals surface area contributed by atoms with Crippen LogP contribution in [0.5, 0.6) is 5.75 Å². The van der Waals surface area contributed by atoms with Gasteiger partial charge in [0.25, 0.3) is 0 Å². The van der Waals surface area contributed by atoms with Gasteiger partial charge in [-0.25, -0.2) is 0 Å². The number of nitrogens with zero attached hydrogens (tertiary/aromatic N) is 4. The van der Waals surface area contributed by atoms with Gasteiger partial charge in [-0.05, 0) is 51.1 Å². The number of rotatable bonds is 2. The van der Waals surface area contributed by atoms with Gasteiger partial charge in [0.05, 0.1) is 18.5 Å². The lowest BCUT2D eigenvalue weighted by Gasteiger charge is -2.14. The van der Waals surface area contributed by atoms with Crippen LogP contribution in [0, 0.1) is 6.92 Å². The van der Waals surface area contributed by atoms with E-state index >= 15 is 0 Å². The largest absolute Gasteiger partial charge is 0.497 e. The third-order valence-corrected chi connectivity index (χ3v) is 4.34. The Bertz CT molecular complexity index is 1040. The van der Waals surface area contributed by atoms with Crippen LogP contribution in [0.15, 0.2) is 47.5 Å². The summed E-state index contributed by atoms with van der Waals surface area (Å²) in [6, 6.07) is 13.6. The smallest absolute Gasteiger partial charge is 0.159 e. The van der Waals surface area contributed by atoms with Crippen LogP contribution in [0.3, 0.4) is 0 Å². The summed E-state index contributed by atoms with van der Waals surface area (Å²) in [5.41, 5.74) is 3.88. The summed E-state index contributed by atoms with van der Waals surface area (Å²) in [6.07, 6.45) is 0. The van der Waals surface area contributed by atoms with E-state index in [1.165, 1.54) is 13.8 Å². The predicted molar refractivity (Wildman–Crippen MR) is 110 cm³/mol. The van der Waals surface area contributed by atoms with Crippen molar-refractivity contribution in [2.75, 3.05) is 7.11 Å². The van der Waals surface area contributed by atoms with Gasteiger partial charge in [0.2, 0.25) is 0 Å². The molecule has 0 unspecified atom stereocenters. The van der Waals surface area contributed by atoms with Crippen molar-refractivity contribution in [2.24, 2.45) is 4.99 Å². The van der Waals surface area contributed by atoms with Crippen LogP contribution in [0.1, 0.15) is 36.6 Å². The van der Waals surface area contributed by atoms with Crippen molar-refractivity contribution in [1.82, 2.24) is 14.8 Å². The maximum atomic E-state index is 9.44. The average Bonchev–Trinajstić information content (AvgIpc) is 2.94. The number of hydrogen-bond acceptors (Lipinski definition) is 5. The second kappa shape index (κ2) is 8.35. The van der Waals surface area contributed by atoms with Gasteiger partial charge in [-0.2, -0.15) is 0 Å². The zero-order valence-corrected chi connectivity index (χ0v) is 17.0. The Kier molecular flexibility index (Phi) is 5.90. The van der Waals surface area contributed by atoms with Crippen molar-refractivity contribution in [1.29, 1.82) is 0 Å². The van der Waals surface area contributed by atoms with Gasteiger partial charge in [0.1, 0.15) is 23.9 Å². The van der Waals surface area contributed by atoms with Gasteiger partial charge in [0.15, 0.2) is 5.82 Å². The molecule has 0 bridgehead atoms. The number of aliphatic imine (C=N–C) groups is 1. The van der Waals surface area contributed by atoms with Crippen LogP contribution in [0.25, 0.3) is 5.69 Å². The van der Waals surface area contributed by atoms with Crippen molar-refractivity contribution in [3.05, 3.63) is 70.3 Å². The van der Waals surface area contributed by atoms with Crippen molar-refractivity contribution in [3.8, 4) is 11.4 Å². The molecule has 28 heavy (non-hydrogen) atoms. The van der Waals surface area contributed by atoms with Gasteiger partial charge < -0.3 is 9.53 Å². The van der Waals surface area contributed by atoms with E-state index in [0.29, 0.717) is 11.6 Å². The van der Waals surface area contributed by atoms with Gasteiger partial charge >= 0.3 is 0 Å². The Balaban J connectivity index is 0.000000516. The number of carbonyl (C=O) groups excluding carboxylic acids is 1. The molecule has 2 heterocycles. The van der Waals surface area contributed by atoms with Crippen molar-refractivity contribution in [3.63, 3.8) is 0 Å². The molecule has 7 heteroatoms. The number of aromatic nitrogens is 3. The summed E-state index contributed by atoms with van der Waals surface area (Å²) in [7, 11) is 1.66. The number of ether oxygens (including phenoxy) is 1. The molecule has 3 aromatic rings. The van der Waals surface area contributed by atoms with Crippen molar-refractivity contribution in [2.45, 2.75) is 27.3 Å². The Hall–Kier alpha value is -2.99. The topological polar surface area (TPSA) is 69.4 Å². The molecule has 0 fully saturated rings. The fraction of sp³-hybridized carbons (Fsp3) is 0.238. The molecule has 2 aromatic carbocycles. The quantitative estimate of drug-likeness (QED) is 0.651. The van der Waals surface area contributed by atoms with Crippen molar-refractivity contribution >= 4 is 23.1 Å². The summed E-state index contributed by atoms with van der Waals surface area (Å²) in [5, 5.41) is 9.14. The number of Topliss-reactive ketones (excluding diaryl/α,β-unsaturated/α-hetero) is 1. The molecule has 144 valence electrons. The van der Waals surface area contributed by atoms with E-state index in [1.807, 2.05) is 54.0 Å². The predicted octanol–water partition coefficient (Wildman–Crippen LogP) is 4.18. The van der Waals surface area contributed by atoms with Gasteiger partial charge in [-0.1, -0.05) is 23.7 Å². The molecule has 6 nitrogen and oxygen atoms in total. The van der Waals surface area contributed by atoms with Gasteiger partial charge in [0, 0.05) is 16.1 Å². The van der Waals surface area contributed by atoms with E-state index in [1.54, 1.807) is 7.11 Å². The standard InChI is InChI=1S/C18H15ClN4O.C3H6O/c1-11-21-22-17-10-20-18(12-3-5-13(19)6-4-12)15-9-14(24-2)7-8-16(15)23(11)17;1-3(2)4/h3-9H,10H2,1-2H3;1-2H3. The van der Waals surface area contributed by atoms with E-state index in [2.05, 4.69) is 10.2 Å². The van der Waals surface area contributed by atoms with Crippen LogP contribution < -0.4 is 4.74 Å². The highest BCUT2D eigenvalue weighted by Gasteiger charge is 2.22. The first kappa shape index (κ1) is 19.8. The zero-order chi connectivity index (χ0) is 20.3. The first-order valence-corrected chi connectivity index (χ1v) is 9.15. The lowest BCUT2D eigenvalue weighted by atomic mass is 10.00. The Morgan fingerprint density at radius 1 is 1.11 bits per heavy atom. The lowest BCUT2D eigenvalue weighted by Crippen LogP contribution is -2.08. The molecule has 1 aliphatic heterocycles. The van der Waals surface area contributed by atoms with E-state index in [4.69, 9.17) is 21.3 Å². The first-order chi connectivity index (χ1) is 13.4. The molecule has 0 atom stereocenters. The number of hydrogen-bond donors (Lipinski definition) is 0. The minimum absolute atomic E-state index is 0.167. The number of aryl methyl sites for hydroxylation is 1. The zero-order valence-electron chi connectivity index (χ0n) is 16.2. The van der Waals surface area contributed by atoms with Gasteiger partial charge in [-0.3, -0.25) is 9.56 Å². The number of ketones is 1. The maximum absolute atomic E-state index is 9.44. The number of carbonyl (C=O) groups is 1. The molecule has 0 saturated heterocycles. The summed E-state index contributed by atoms with van der Waals surface area (Å²) in [4.78, 5) is 14.2. The molecule has 4 rings (SSSR count). The second-order valence-electron chi connectivity index (χ2n) is 6.46. The summed E-state index contributed by atoms with van der Waals surface area (Å²) in [5.74, 6) is 2.61. The van der Waals surface area contributed by atoms with E-state index in [-0.39, 0.29) is 5.78 Å². The Labute approximate surface area is 168 Å². The van der Waals surface area contributed by atoms with E-state index in [9.17, 15) is 4.79 Å². The van der Waals surface area contributed by atoms with Gasteiger partial charge in [-0.15, -0.1) is 10.2 Å². The van der Waals surface area contributed by atoms with E-state index in [0.717, 1.165) is 39.9 Å². The SMILES string of the molecule is CC(C)=O.COc1ccc2c(c1)C(c1ccc(Cl)cc1)=NCc1nnc(C)n1-2. The van der Waals surface area contributed by atoms with E-state index < -0.39 is 0 Å². The average molecular weight is 397 g/mol. The molecular formula is C21H21ClN4O2. The summed E-state index contributed by atoms with van der Waals surface area (Å²) < 4.78 is 7.45. The summed E-state index contributed by atoms with van der Waals surface area (Å²) in [6.45, 7) is 5.47. The summed E-state index contributed by atoms with van der Waals surface area (Å²) >= 11 is 6.02. The molecular weight excluding hydrogens is 376 g/mol.